The zero-order chi connectivity index (χ0) is 35.0. The summed E-state index contributed by atoms with van der Waals surface area (Å²) in [6.45, 7) is 0. The van der Waals surface area contributed by atoms with E-state index in [1.807, 2.05) is 0 Å². The molecule has 0 aliphatic carbocycles. The van der Waals surface area contributed by atoms with Crippen molar-refractivity contribution >= 4 is 11.1 Å². The van der Waals surface area contributed by atoms with Gasteiger partial charge in [0, 0.05) is 10.4 Å². The van der Waals surface area contributed by atoms with Gasteiger partial charge in [0.05, 0.1) is 45.3 Å². The molecule has 0 saturated carbocycles. The Kier molecular flexibility index (Phi) is 8.68. The minimum Gasteiger partial charge on any atom is -0.224 e. The molecule has 2 heterocycles. The van der Waals surface area contributed by atoms with Crippen molar-refractivity contribution in [1.29, 1.82) is 26.3 Å². The molecule has 0 unspecified atom stereocenters. The average molecular weight is 657 g/mol. The first-order valence-corrected chi connectivity index (χ1v) is 11.2. The molecule has 3 aromatic rings. The summed E-state index contributed by atoms with van der Waals surface area (Å²) in [5.41, 5.74) is -13.3. The Hall–Kier alpha value is -6.27. The van der Waals surface area contributed by atoms with Crippen LogP contribution >= 0.6 is 0 Å². The van der Waals surface area contributed by atoms with E-state index in [0.29, 0.717) is 6.07 Å². The number of rotatable bonds is 2. The van der Waals surface area contributed by atoms with E-state index in [2.05, 4.69) is 19.9 Å². The van der Waals surface area contributed by atoms with Gasteiger partial charge in [0.25, 0.3) is 0 Å². The molecule has 46 heavy (non-hydrogen) atoms. The highest BCUT2D eigenvalue weighted by atomic mass is 19.4. The summed E-state index contributed by atoms with van der Waals surface area (Å²) in [6, 6.07) is 6.29. The van der Waals surface area contributed by atoms with E-state index in [1.165, 1.54) is 30.3 Å². The van der Waals surface area contributed by atoms with Crippen LogP contribution in [-0.4, -0.2) is 19.9 Å². The van der Waals surface area contributed by atoms with Crippen molar-refractivity contribution in [2.75, 3.05) is 0 Å². The molecule has 0 atom stereocenters. The predicted octanol–water partition coefficient (Wildman–Crippen LogP) is 4.40. The molecule has 0 amide bonds. The Morgan fingerprint density at radius 3 is 1.24 bits per heavy atom. The van der Waals surface area contributed by atoms with Crippen LogP contribution in [0.2, 0.25) is 0 Å². The van der Waals surface area contributed by atoms with E-state index < -0.39 is 97.4 Å². The Balaban J connectivity index is 2.69. The quantitative estimate of drug-likeness (QED) is 0.363. The number of nitriles is 5. The normalized spacial score (nSPS) is 13.4. The van der Waals surface area contributed by atoms with Gasteiger partial charge in [-0.15, -0.1) is 0 Å². The van der Waals surface area contributed by atoms with Crippen LogP contribution in [0.1, 0.15) is 51.1 Å². The molecule has 0 saturated heterocycles. The summed E-state index contributed by atoms with van der Waals surface area (Å²) in [5.74, 6) is -4.81. The van der Waals surface area contributed by atoms with Gasteiger partial charge in [-0.1, -0.05) is 0 Å². The van der Waals surface area contributed by atoms with Gasteiger partial charge in [-0.2, -0.15) is 79.0 Å². The van der Waals surface area contributed by atoms with Crippen molar-refractivity contribution in [1.82, 2.24) is 19.9 Å². The number of aromatic nitrogens is 4. The summed E-state index contributed by atoms with van der Waals surface area (Å²) in [6.07, 6.45) is -22.4. The fourth-order valence-corrected chi connectivity index (χ4v) is 3.65. The topological polar surface area (TPSA) is 171 Å². The van der Waals surface area contributed by atoms with Gasteiger partial charge in [-0.3, -0.25) is 0 Å². The van der Waals surface area contributed by atoms with Crippen molar-refractivity contribution in [3.05, 3.63) is 79.8 Å². The first-order valence-electron chi connectivity index (χ1n) is 11.2. The predicted molar refractivity (Wildman–Crippen MR) is 120 cm³/mol. The average Bonchev–Trinajstić information content (AvgIpc) is 2.95. The molecule has 0 bridgehead atoms. The Morgan fingerprint density at radius 2 is 0.913 bits per heavy atom. The molecule has 9 nitrogen and oxygen atoms in total. The molecule has 1 aromatic carbocycles. The van der Waals surface area contributed by atoms with Crippen LogP contribution in [0.5, 0.6) is 0 Å². The molecular formula is C25H3F12N9. The smallest absolute Gasteiger partial charge is 0.224 e. The van der Waals surface area contributed by atoms with Gasteiger partial charge >= 0.3 is 24.7 Å². The van der Waals surface area contributed by atoms with Crippen LogP contribution in [0.15, 0.2) is 18.2 Å². The molecule has 0 radical (unpaired) electrons. The van der Waals surface area contributed by atoms with E-state index in [-0.39, 0.29) is 12.1 Å². The third-order valence-electron chi connectivity index (χ3n) is 5.47. The molecule has 0 fully saturated rings. The van der Waals surface area contributed by atoms with Gasteiger partial charge in [-0.25, -0.2) is 19.9 Å². The molecule has 3 rings (SSSR count). The minimum atomic E-state index is -5.63. The number of alkyl halides is 12. The first-order chi connectivity index (χ1) is 21.1. The van der Waals surface area contributed by atoms with Crippen LogP contribution in [0.3, 0.4) is 0 Å². The summed E-state index contributed by atoms with van der Waals surface area (Å²) in [4.78, 5) is 10.5. The van der Waals surface area contributed by atoms with Gasteiger partial charge in [-0.05, 0) is 18.2 Å². The highest BCUT2D eigenvalue weighted by Gasteiger charge is 2.42. The van der Waals surface area contributed by atoms with Crippen molar-refractivity contribution in [2.45, 2.75) is 24.7 Å². The third-order valence-corrected chi connectivity index (χ3v) is 5.47. The number of nitrogens with zero attached hydrogens (tertiary/aromatic N) is 9. The van der Waals surface area contributed by atoms with Crippen LogP contribution in [0.4, 0.5) is 52.7 Å². The van der Waals surface area contributed by atoms with Gasteiger partial charge in [0.2, 0.25) is 11.6 Å². The largest absolute Gasteiger partial charge is 0.451 e. The highest BCUT2D eigenvalue weighted by Crippen LogP contribution is 2.34. The van der Waals surface area contributed by atoms with Gasteiger partial charge in [0.15, 0.2) is 0 Å². The minimum absolute atomic E-state index is 0.133. The maximum absolute atomic E-state index is 13.4. The van der Waals surface area contributed by atoms with Crippen molar-refractivity contribution < 1.29 is 52.7 Å². The molecule has 21 heteroatoms. The standard InChI is InChI=1S/C25H3F12N9/c26-22(27,28)17-2-15(43-20(45-17)24(32,33)34)12(6-40)10-1-9(4-38)19(13(7-41)11(10)5-39)14(8-42)16-3-18(23(29,30)31)46-21(44-16)25(35,36)37/h1-3H/b12-10-,19-14+. The van der Waals surface area contributed by atoms with Gasteiger partial charge in [0.1, 0.15) is 35.7 Å². The van der Waals surface area contributed by atoms with Crippen LogP contribution < -0.4 is 10.4 Å². The van der Waals surface area contributed by atoms with E-state index in [0.717, 1.165) is 0 Å². The monoisotopic (exact) mass is 657 g/mol. The first kappa shape index (κ1) is 34.2. The zero-order valence-electron chi connectivity index (χ0n) is 21.3. The number of benzene rings is 1. The van der Waals surface area contributed by atoms with Gasteiger partial charge < -0.3 is 0 Å². The molecule has 0 N–H and O–H groups in total. The molecule has 0 spiro atoms. The molecule has 0 aliphatic heterocycles. The Labute approximate surface area is 245 Å². The zero-order valence-corrected chi connectivity index (χ0v) is 21.3. The summed E-state index contributed by atoms with van der Waals surface area (Å²) >= 11 is 0. The highest BCUT2D eigenvalue weighted by molar-refractivity contribution is 5.81. The van der Waals surface area contributed by atoms with Crippen molar-refractivity contribution in [3.8, 4) is 30.3 Å². The van der Waals surface area contributed by atoms with E-state index in [1.54, 1.807) is 0 Å². The molecular weight excluding hydrogens is 654 g/mol. The second kappa shape index (κ2) is 11.7. The van der Waals surface area contributed by atoms with Crippen molar-refractivity contribution in [2.24, 2.45) is 0 Å². The number of halogens is 12. The Morgan fingerprint density at radius 1 is 0.500 bits per heavy atom. The van der Waals surface area contributed by atoms with E-state index >= 15 is 0 Å². The summed E-state index contributed by atoms with van der Waals surface area (Å²) < 4.78 is 160. The lowest BCUT2D eigenvalue weighted by Crippen LogP contribution is -2.27. The van der Waals surface area contributed by atoms with Crippen LogP contribution in [-0.2, 0) is 24.7 Å². The maximum atomic E-state index is 13.4. The number of hydrogen-bond donors (Lipinski definition) is 0. The van der Waals surface area contributed by atoms with Crippen molar-refractivity contribution in [3.63, 3.8) is 0 Å². The lowest BCUT2D eigenvalue weighted by atomic mass is 9.93. The Bertz CT molecular complexity index is 2040. The molecule has 2 aromatic heterocycles. The summed E-state index contributed by atoms with van der Waals surface area (Å²) in [5, 5.41) is 46.7. The van der Waals surface area contributed by atoms with Crippen LogP contribution in [0, 0.1) is 56.7 Å². The fraction of sp³-hybridized carbons (Fsp3) is 0.160. The maximum Gasteiger partial charge on any atom is 0.451 e. The lowest BCUT2D eigenvalue weighted by Gasteiger charge is -2.13. The number of hydrogen-bond acceptors (Lipinski definition) is 9. The second-order valence-corrected chi connectivity index (χ2v) is 8.32. The third kappa shape index (κ3) is 6.61. The summed E-state index contributed by atoms with van der Waals surface area (Å²) in [7, 11) is 0. The lowest BCUT2D eigenvalue weighted by molar-refractivity contribution is -0.154. The fourth-order valence-electron chi connectivity index (χ4n) is 3.65. The SMILES string of the molecule is N#C/C(c1cc(C(F)(F)F)nc(C(F)(F)F)n1)=c1/c(C#N)c/c(=C(\C#N)c2cc(C(F)(F)F)nc(C(F)(F)F)n2)c(C#N)c1C#N. The van der Waals surface area contributed by atoms with E-state index in [9.17, 15) is 79.0 Å². The molecule has 232 valence electrons. The van der Waals surface area contributed by atoms with E-state index in [4.69, 9.17) is 0 Å². The second-order valence-electron chi connectivity index (χ2n) is 8.32. The molecule has 0 aliphatic rings. The van der Waals surface area contributed by atoms with Crippen LogP contribution in [0.25, 0.3) is 11.1 Å².